The molecule has 0 radical (unpaired) electrons. The number of benzene rings is 1. The summed E-state index contributed by atoms with van der Waals surface area (Å²) in [6.07, 6.45) is 0. The SMILES string of the molecule is CCNC(=O)C(C)NS(=O)(=O)c1ccc(C(N)=S)cc1C. The number of likely N-dealkylation sites (N-methyl/N-ethyl adjacent to an activating group) is 1. The van der Waals surface area contributed by atoms with Gasteiger partial charge in [-0.25, -0.2) is 8.42 Å². The van der Waals surface area contributed by atoms with Gasteiger partial charge in [-0.2, -0.15) is 4.72 Å². The Morgan fingerprint density at radius 1 is 1.43 bits per heavy atom. The van der Waals surface area contributed by atoms with Crippen molar-refractivity contribution in [1.29, 1.82) is 0 Å². The first-order valence-corrected chi connectivity index (χ1v) is 8.28. The van der Waals surface area contributed by atoms with Gasteiger partial charge in [-0.15, -0.1) is 0 Å². The van der Waals surface area contributed by atoms with Crippen molar-refractivity contribution in [2.24, 2.45) is 5.73 Å². The standard InChI is InChI=1S/C13H19N3O3S2/c1-4-15-13(17)9(3)16-21(18,19)11-6-5-10(12(14)20)7-8(11)2/h5-7,9,16H,4H2,1-3H3,(H2,14,20)(H,15,17). The molecular formula is C13H19N3O3S2. The quantitative estimate of drug-likeness (QED) is 0.657. The molecular weight excluding hydrogens is 310 g/mol. The van der Waals surface area contributed by atoms with Crippen LogP contribution in [-0.4, -0.2) is 31.9 Å². The fraction of sp³-hybridized carbons (Fsp3) is 0.385. The molecule has 0 aliphatic heterocycles. The number of aryl methyl sites for hydroxylation is 1. The minimum atomic E-state index is -3.79. The van der Waals surface area contributed by atoms with E-state index < -0.39 is 16.1 Å². The predicted octanol–water partition coefficient (Wildman–Crippen LogP) is 0.432. The highest BCUT2D eigenvalue weighted by Crippen LogP contribution is 2.17. The van der Waals surface area contributed by atoms with Crippen LogP contribution in [-0.2, 0) is 14.8 Å². The van der Waals surface area contributed by atoms with Crippen LogP contribution in [0.5, 0.6) is 0 Å². The second-order valence-corrected chi connectivity index (χ2v) is 6.70. The molecule has 1 rings (SSSR count). The normalized spacial score (nSPS) is 12.7. The van der Waals surface area contributed by atoms with Crippen LogP contribution < -0.4 is 15.8 Å². The molecule has 8 heteroatoms. The van der Waals surface area contributed by atoms with Gasteiger partial charge in [0.05, 0.1) is 10.9 Å². The third kappa shape index (κ3) is 4.48. The molecule has 0 spiro atoms. The molecule has 6 nitrogen and oxygen atoms in total. The van der Waals surface area contributed by atoms with Crippen molar-refractivity contribution in [2.45, 2.75) is 31.7 Å². The maximum Gasteiger partial charge on any atom is 0.241 e. The summed E-state index contributed by atoms with van der Waals surface area (Å²) >= 11 is 4.85. The Balaban J connectivity index is 3.03. The zero-order valence-corrected chi connectivity index (χ0v) is 13.8. The highest BCUT2D eigenvalue weighted by molar-refractivity contribution is 7.89. The molecule has 4 N–H and O–H groups in total. The van der Waals surface area contributed by atoms with E-state index in [2.05, 4.69) is 10.0 Å². The summed E-state index contributed by atoms with van der Waals surface area (Å²) in [7, 11) is -3.79. The Hall–Kier alpha value is -1.51. The number of carbonyl (C=O) groups is 1. The summed E-state index contributed by atoms with van der Waals surface area (Å²) in [4.78, 5) is 11.9. The van der Waals surface area contributed by atoms with Crippen molar-refractivity contribution in [1.82, 2.24) is 10.0 Å². The van der Waals surface area contributed by atoms with Gasteiger partial charge in [-0.05, 0) is 38.5 Å². The Bertz CT molecular complexity index is 657. The fourth-order valence-corrected chi connectivity index (χ4v) is 3.34. The molecule has 0 aliphatic rings. The van der Waals surface area contributed by atoms with Crippen LogP contribution in [0, 0.1) is 6.92 Å². The lowest BCUT2D eigenvalue weighted by Crippen LogP contribution is -2.44. The van der Waals surface area contributed by atoms with E-state index in [1.165, 1.54) is 13.0 Å². The van der Waals surface area contributed by atoms with Crippen LogP contribution in [0.25, 0.3) is 0 Å². The summed E-state index contributed by atoms with van der Waals surface area (Å²) in [5.74, 6) is -0.376. The van der Waals surface area contributed by atoms with Gasteiger partial charge in [0, 0.05) is 12.1 Å². The maximum absolute atomic E-state index is 12.3. The van der Waals surface area contributed by atoms with E-state index in [0.717, 1.165) is 0 Å². The number of nitrogens with one attached hydrogen (secondary N) is 2. The maximum atomic E-state index is 12.3. The molecule has 1 unspecified atom stereocenters. The average Bonchev–Trinajstić information content (AvgIpc) is 2.37. The van der Waals surface area contributed by atoms with Crippen molar-refractivity contribution in [3.05, 3.63) is 29.3 Å². The van der Waals surface area contributed by atoms with E-state index in [0.29, 0.717) is 17.7 Å². The van der Waals surface area contributed by atoms with E-state index in [1.54, 1.807) is 26.0 Å². The van der Waals surface area contributed by atoms with Gasteiger partial charge in [-0.1, -0.05) is 18.3 Å². The minimum absolute atomic E-state index is 0.0960. The van der Waals surface area contributed by atoms with Gasteiger partial charge < -0.3 is 11.1 Å². The number of amides is 1. The van der Waals surface area contributed by atoms with Gasteiger partial charge in [-0.3, -0.25) is 4.79 Å². The number of sulfonamides is 1. The van der Waals surface area contributed by atoms with Crippen molar-refractivity contribution < 1.29 is 13.2 Å². The molecule has 0 saturated heterocycles. The highest BCUT2D eigenvalue weighted by atomic mass is 32.2. The van der Waals surface area contributed by atoms with Gasteiger partial charge in [0.2, 0.25) is 15.9 Å². The fourth-order valence-electron chi connectivity index (χ4n) is 1.78. The lowest BCUT2D eigenvalue weighted by Gasteiger charge is -2.15. The van der Waals surface area contributed by atoms with Crippen molar-refractivity contribution in [2.75, 3.05) is 6.54 Å². The number of rotatable bonds is 6. The average molecular weight is 329 g/mol. The third-order valence-electron chi connectivity index (χ3n) is 2.83. The third-order valence-corrected chi connectivity index (χ3v) is 4.76. The van der Waals surface area contributed by atoms with Crippen molar-refractivity contribution >= 4 is 33.1 Å². The molecule has 1 atom stereocenters. The summed E-state index contributed by atoms with van der Waals surface area (Å²) in [6.45, 7) is 5.33. The Morgan fingerprint density at radius 2 is 2.05 bits per heavy atom. The van der Waals surface area contributed by atoms with Crippen LogP contribution in [0.15, 0.2) is 23.1 Å². The van der Waals surface area contributed by atoms with Gasteiger partial charge >= 0.3 is 0 Å². The largest absolute Gasteiger partial charge is 0.389 e. The van der Waals surface area contributed by atoms with E-state index in [1.807, 2.05) is 0 Å². The summed E-state index contributed by atoms with van der Waals surface area (Å²) in [5, 5.41) is 2.56. The monoisotopic (exact) mass is 329 g/mol. The van der Waals surface area contributed by atoms with Crippen LogP contribution in [0.1, 0.15) is 25.0 Å². The second-order valence-electron chi connectivity index (χ2n) is 4.58. The number of hydrogen-bond acceptors (Lipinski definition) is 4. The van der Waals surface area contributed by atoms with Crippen molar-refractivity contribution in [3.63, 3.8) is 0 Å². The van der Waals surface area contributed by atoms with Crippen LogP contribution >= 0.6 is 12.2 Å². The van der Waals surface area contributed by atoms with Crippen molar-refractivity contribution in [3.8, 4) is 0 Å². The predicted molar refractivity (Wildman–Crippen MR) is 85.5 cm³/mol. The molecule has 1 amide bonds. The first-order chi connectivity index (χ1) is 9.69. The zero-order valence-electron chi connectivity index (χ0n) is 12.1. The number of carbonyl (C=O) groups excluding carboxylic acids is 1. The highest BCUT2D eigenvalue weighted by Gasteiger charge is 2.23. The minimum Gasteiger partial charge on any atom is -0.389 e. The van der Waals surface area contributed by atoms with Crippen LogP contribution in [0.2, 0.25) is 0 Å². The molecule has 1 aromatic carbocycles. The molecule has 116 valence electrons. The second kappa shape index (κ2) is 6.97. The first-order valence-electron chi connectivity index (χ1n) is 6.39. The molecule has 0 heterocycles. The summed E-state index contributed by atoms with van der Waals surface area (Å²) < 4.78 is 26.9. The van der Waals surface area contributed by atoms with Gasteiger partial charge in [0.25, 0.3) is 0 Å². The molecule has 1 aromatic rings. The lowest BCUT2D eigenvalue weighted by molar-refractivity contribution is -0.122. The topological polar surface area (TPSA) is 101 Å². The molecule has 0 aliphatic carbocycles. The number of nitrogens with two attached hydrogens (primary N) is 1. The first kappa shape index (κ1) is 17.5. The smallest absolute Gasteiger partial charge is 0.241 e. The summed E-state index contributed by atoms with van der Waals surface area (Å²) in [5.41, 5.74) is 6.61. The summed E-state index contributed by atoms with van der Waals surface area (Å²) in [6, 6.07) is 3.72. The van der Waals surface area contributed by atoms with Gasteiger partial charge in [0.1, 0.15) is 4.99 Å². The van der Waals surface area contributed by atoms with E-state index in [4.69, 9.17) is 18.0 Å². The molecule has 21 heavy (non-hydrogen) atoms. The lowest BCUT2D eigenvalue weighted by atomic mass is 10.1. The molecule has 0 fully saturated rings. The zero-order chi connectivity index (χ0) is 16.2. The number of hydrogen-bond donors (Lipinski definition) is 3. The van der Waals surface area contributed by atoms with E-state index in [-0.39, 0.29) is 15.8 Å². The van der Waals surface area contributed by atoms with E-state index in [9.17, 15) is 13.2 Å². The molecule has 0 saturated carbocycles. The Morgan fingerprint density at radius 3 is 2.52 bits per heavy atom. The Labute approximate surface area is 130 Å². The Kier molecular flexibility index (Phi) is 5.82. The van der Waals surface area contributed by atoms with Crippen LogP contribution in [0.4, 0.5) is 0 Å². The molecule has 0 bridgehead atoms. The molecule has 0 aromatic heterocycles. The van der Waals surface area contributed by atoms with Crippen LogP contribution in [0.3, 0.4) is 0 Å². The van der Waals surface area contributed by atoms with E-state index >= 15 is 0 Å². The number of thiocarbonyl (C=S) groups is 1. The van der Waals surface area contributed by atoms with Gasteiger partial charge in [0.15, 0.2) is 0 Å².